The third-order valence-corrected chi connectivity index (χ3v) is 4.95. The molecule has 0 fully saturated rings. The van der Waals surface area contributed by atoms with Crippen molar-refractivity contribution in [2.24, 2.45) is 0 Å². The van der Waals surface area contributed by atoms with Gasteiger partial charge in [-0.15, -0.1) is 0 Å². The molecule has 7 heteroatoms. The lowest BCUT2D eigenvalue weighted by Crippen LogP contribution is -2.09. The molecule has 0 saturated heterocycles. The minimum absolute atomic E-state index is 0.143. The zero-order valence-corrected chi connectivity index (χ0v) is 14.5. The third-order valence-electron chi connectivity index (χ3n) is 3.49. The minimum Gasteiger partial charge on any atom is -0.477 e. The number of halogens is 4. The monoisotopic (exact) mass is 387 g/mol. The first-order chi connectivity index (χ1) is 10.9. The molecule has 0 bridgehead atoms. The van der Waals surface area contributed by atoms with E-state index in [4.69, 9.17) is 46.4 Å². The molecule has 0 amide bonds. The fourth-order valence-corrected chi connectivity index (χ4v) is 3.07. The van der Waals surface area contributed by atoms with E-state index < -0.39 is 5.97 Å². The molecule has 3 aromatic rings. The quantitative estimate of drug-likeness (QED) is 0.597. The highest BCUT2D eigenvalue weighted by molar-refractivity contribution is 6.43. The summed E-state index contributed by atoms with van der Waals surface area (Å²) in [5.74, 6) is -1.03. The van der Waals surface area contributed by atoms with Crippen LogP contribution in [0.25, 0.3) is 10.9 Å². The van der Waals surface area contributed by atoms with Crippen molar-refractivity contribution in [3.63, 3.8) is 0 Å². The summed E-state index contributed by atoms with van der Waals surface area (Å²) < 4.78 is 1.65. The molecular weight excluding hydrogens is 380 g/mol. The first-order valence-corrected chi connectivity index (χ1v) is 8.03. The molecule has 0 aliphatic carbocycles. The van der Waals surface area contributed by atoms with Crippen LogP contribution in [0.15, 0.2) is 36.4 Å². The van der Waals surface area contributed by atoms with Crippen molar-refractivity contribution < 1.29 is 9.90 Å². The average molecular weight is 389 g/mol. The topological polar surface area (TPSA) is 42.2 Å². The Bertz CT molecular complexity index is 933. The molecule has 0 saturated carbocycles. The van der Waals surface area contributed by atoms with Crippen molar-refractivity contribution in [2.75, 3.05) is 0 Å². The van der Waals surface area contributed by atoms with Crippen LogP contribution in [-0.4, -0.2) is 15.6 Å². The Labute approximate surface area is 151 Å². The predicted molar refractivity (Wildman–Crippen MR) is 94.5 cm³/mol. The standard InChI is InChI=1S/C16H9Cl4NO2/c17-10-2-1-8(3-11(10)18)7-21-14-6-13(20)12(19)4-9(14)5-15(21)16(22)23/h1-6H,7H2,(H,22,23). The van der Waals surface area contributed by atoms with Gasteiger partial charge in [-0.3, -0.25) is 0 Å². The molecule has 0 spiro atoms. The summed E-state index contributed by atoms with van der Waals surface area (Å²) in [6.45, 7) is 0.319. The normalized spacial score (nSPS) is 11.1. The molecule has 0 aliphatic heterocycles. The zero-order valence-electron chi connectivity index (χ0n) is 11.5. The lowest BCUT2D eigenvalue weighted by molar-refractivity contribution is 0.0686. The van der Waals surface area contributed by atoms with Gasteiger partial charge in [0.25, 0.3) is 0 Å². The first-order valence-electron chi connectivity index (χ1n) is 6.52. The summed E-state index contributed by atoms with van der Waals surface area (Å²) in [7, 11) is 0. The van der Waals surface area contributed by atoms with Crippen molar-refractivity contribution in [3.8, 4) is 0 Å². The number of aromatic carboxylic acids is 1. The van der Waals surface area contributed by atoms with Gasteiger partial charge in [-0.1, -0.05) is 52.5 Å². The molecule has 1 aromatic heterocycles. The van der Waals surface area contributed by atoms with Gasteiger partial charge in [0, 0.05) is 11.9 Å². The number of carboxylic acids is 1. The highest BCUT2D eigenvalue weighted by Crippen LogP contribution is 2.31. The second-order valence-corrected chi connectivity index (χ2v) is 6.62. The number of aromatic nitrogens is 1. The second-order valence-electron chi connectivity index (χ2n) is 4.99. The summed E-state index contributed by atoms with van der Waals surface area (Å²) >= 11 is 24.0. The van der Waals surface area contributed by atoms with Crippen LogP contribution in [0, 0.1) is 0 Å². The molecule has 3 rings (SSSR count). The number of carbonyl (C=O) groups is 1. The molecule has 0 aliphatic rings. The molecule has 118 valence electrons. The van der Waals surface area contributed by atoms with Gasteiger partial charge < -0.3 is 9.67 Å². The summed E-state index contributed by atoms with van der Waals surface area (Å²) in [6, 6.07) is 10.1. The Balaban J connectivity index is 2.17. The lowest BCUT2D eigenvalue weighted by Gasteiger charge is -2.10. The zero-order chi connectivity index (χ0) is 16.7. The van der Waals surface area contributed by atoms with Crippen LogP contribution in [-0.2, 0) is 6.54 Å². The maximum atomic E-state index is 11.5. The van der Waals surface area contributed by atoms with E-state index in [1.165, 1.54) is 0 Å². The van der Waals surface area contributed by atoms with Crippen LogP contribution in [0.4, 0.5) is 0 Å². The average Bonchev–Trinajstić information content (AvgIpc) is 2.82. The number of rotatable bonds is 3. The fourth-order valence-electron chi connectivity index (χ4n) is 2.42. The van der Waals surface area contributed by atoms with Crippen LogP contribution in [0.2, 0.25) is 20.1 Å². The summed E-state index contributed by atoms with van der Waals surface area (Å²) in [5, 5.41) is 11.8. The number of hydrogen-bond acceptors (Lipinski definition) is 1. The van der Waals surface area contributed by atoms with Crippen LogP contribution in [0.1, 0.15) is 16.1 Å². The van der Waals surface area contributed by atoms with Crippen molar-refractivity contribution in [1.82, 2.24) is 4.57 Å². The van der Waals surface area contributed by atoms with E-state index in [0.717, 1.165) is 5.56 Å². The van der Waals surface area contributed by atoms with Crippen LogP contribution in [0.3, 0.4) is 0 Å². The van der Waals surface area contributed by atoms with Gasteiger partial charge in [-0.25, -0.2) is 4.79 Å². The molecule has 0 atom stereocenters. The Morgan fingerprint density at radius 2 is 1.57 bits per heavy atom. The van der Waals surface area contributed by atoms with Crippen LogP contribution in [0.5, 0.6) is 0 Å². The van der Waals surface area contributed by atoms with Gasteiger partial charge in [-0.05, 0) is 35.9 Å². The lowest BCUT2D eigenvalue weighted by atomic mass is 10.2. The van der Waals surface area contributed by atoms with E-state index in [-0.39, 0.29) is 5.69 Å². The molecule has 1 N–H and O–H groups in total. The number of hydrogen-bond donors (Lipinski definition) is 1. The smallest absolute Gasteiger partial charge is 0.352 e. The first kappa shape index (κ1) is 16.5. The summed E-state index contributed by atoms with van der Waals surface area (Å²) in [5.41, 5.74) is 1.65. The Hall–Kier alpha value is -1.39. The Morgan fingerprint density at radius 3 is 2.22 bits per heavy atom. The number of nitrogens with zero attached hydrogens (tertiary/aromatic N) is 1. The number of fused-ring (bicyclic) bond motifs is 1. The van der Waals surface area contributed by atoms with E-state index >= 15 is 0 Å². The molecular formula is C16H9Cl4NO2. The Kier molecular flexibility index (Phi) is 4.47. The molecule has 1 heterocycles. The SMILES string of the molecule is O=C(O)c1cc2cc(Cl)c(Cl)cc2n1Cc1ccc(Cl)c(Cl)c1. The molecule has 0 unspecified atom stereocenters. The van der Waals surface area contributed by atoms with Crippen LogP contribution < -0.4 is 0 Å². The largest absolute Gasteiger partial charge is 0.477 e. The van der Waals surface area contributed by atoms with Crippen molar-refractivity contribution >= 4 is 63.3 Å². The van der Waals surface area contributed by atoms with Crippen LogP contribution >= 0.6 is 46.4 Å². The highest BCUT2D eigenvalue weighted by Gasteiger charge is 2.16. The van der Waals surface area contributed by atoms with Gasteiger partial charge >= 0.3 is 5.97 Å². The Morgan fingerprint density at radius 1 is 0.913 bits per heavy atom. The minimum atomic E-state index is -1.03. The predicted octanol–water partition coefficient (Wildman–Crippen LogP) is 6.00. The fraction of sp³-hybridized carbons (Fsp3) is 0.0625. The van der Waals surface area contributed by atoms with Gasteiger partial charge in [0.15, 0.2) is 0 Å². The van der Waals surface area contributed by atoms with E-state index in [9.17, 15) is 9.90 Å². The van der Waals surface area contributed by atoms with E-state index in [1.807, 2.05) is 0 Å². The molecule has 23 heavy (non-hydrogen) atoms. The summed E-state index contributed by atoms with van der Waals surface area (Å²) in [4.78, 5) is 11.5. The van der Waals surface area contributed by atoms with Gasteiger partial charge in [0.05, 0.1) is 25.6 Å². The van der Waals surface area contributed by atoms with Gasteiger partial charge in [-0.2, -0.15) is 0 Å². The van der Waals surface area contributed by atoms with Crippen molar-refractivity contribution in [2.45, 2.75) is 6.54 Å². The maximum absolute atomic E-state index is 11.5. The number of carboxylic acid groups (broad SMARTS) is 1. The van der Waals surface area contributed by atoms with Gasteiger partial charge in [0.1, 0.15) is 5.69 Å². The maximum Gasteiger partial charge on any atom is 0.352 e. The third kappa shape index (κ3) is 3.15. The van der Waals surface area contributed by atoms with Gasteiger partial charge in [0.2, 0.25) is 0 Å². The second kappa shape index (κ2) is 6.25. The van der Waals surface area contributed by atoms with Crippen molar-refractivity contribution in [3.05, 3.63) is 67.7 Å². The number of benzene rings is 2. The molecule has 0 radical (unpaired) electrons. The summed E-state index contributed by atoms with van der Waals surface area (Å²) in [6.07, 6.45) is 0. The van der Waals surface area contributed by atoms with Crippen molar-refractivity contribution in [1.29, 1.82) is 0 Å². The van der Waals surface area contributed by atoms with E-state index in [2.05, 4.69) is 0 Å². The van der Waals surface area contributed by atoms with E-state index in [1.54, 1.807) is 41.0 Å². The van der Waals surface area contributed by atoms with E-state index in [0.29, 0.717) is 37.5 Å². The molecule has 3 nitrogen and oxygen atoms in total. The molecule has 2 aromatic carbocycles. The highest BCUT2D eigenvalue weighted by atomic mass is 35.5.